The summed E-state index contributed by atoms with van der Waals surface area (Å²) in [5.41, 5.74) is 7.34. The molecule has 0 radical (unpaired) electrons. The number of nitrogens with zero attached hydrogens (tertiary/aromatic N) is 2. The number of nitrogens with two attached hydrogens (primary N) is 1. The van der Waals surface area contributed by atoms with Gasteiger partial charge in [-0.15, -0.1) is 0 Å². The maximum Gasteiger partial charge on any atom is 0.293 e. The van der Waals surface area contributed by atoms with E-state index in [2.05, 4.69) is 12.2 Å². The maximum atomic E-state index is 12.6. The lowest BCUT2D eigenvalue weighted by Crippen LogP contribution is -2.33. The number of nitrogen functional groups attached to an aromatic ring is 1. The van der Waals surface area contributed by atoms with Crippen molar-refractivity contribution in [1.29, 1.82) is 0 Å². The highest BCUT2D eigenvalue weighted by molar-refractivity contribution is 6.06. The quantitative estimate of drug-likeness (QED) is 0.462. The SMILES string of the molecule is COc1ccc(N)c(NC(=O)c2ccc(N3CCC(C)CC3)c([N+](=O)[O-])c2)c1. The number of benzene rings is 2. The number of nitro groups is 1. The van der Waals surface area contributed by atoms with E-state index in [-0.39, 0.29) is 11.3 Å². The van der Waals surface area contributed by atoms with Crippen molar-refractivity contribution in [3.8, 4) is 5.75 Å². The number of carbonyl (C=O) groups excluding carboxylic acids is 1. The summed E-state index contributed by atoms with van der Waals surface area (Å²) in [6, 6.07) is 9.48. The van der Waals surface area contributed by atoms with Gasteiger partial charge in [0.05, 0.1) is 23.4 Å². The van der Waals surface area contributed by atoms with Crippen molar-refractivity contribution < 1.29 is 14.5 Å². The van der Waals surface area contributed by atoms with Crippen LogP contribution in [0.2, 0.25) is 0 Å². The van der Waals surface area contributed by atoms with Gasteiger partial charge >= 0.3 is 0 Å². The summed E-state index contributed by atoms with van der Waals surface area (Å²) in [5, 5.41) is 14.3. The second-order valence-electron chi connectivity index (χ2n) is 7.04. The number of carbonyl (C=O) groups is 1. The fourth-order valence-electron chi connectivity index (χ4n) is 3.29. The third-order valence-corrected chi connectivity index (χ3v) is 5.07. The predicted molar refractivity (Wildman–Crippen MR) is 109 cm³/mol. The summed E-state index contributed by atoms with van der Waals surface area (Å²) in [7, 11) is 1.51. The van der Waals surface area contributed by atoms with E-state index in [9.17, 15) is 14.9 Å². The molecule has 8 heteroatoms. The topological polar surface area (TPSA) is 111 Å². The van der Waals surface area contributed by atoms with Gasteiger partial charge in [0.2, 0.25) is 0 Å². The van der Waals surface area contributed by atoms with Gasteiger partial charge in [0.1, 0.15) is 11.4 Å². The van der Waals surface area contributed by atoms with Crippen LogP contribution in [0.1, 0.15) is 30.1 Å². The Labute approximate surface area is 163 Å². The number of piperidine rings is 1. The van der Waals surface area contributed by atoms with Crippen LogP contribution < -0.4 is 20.7 Å². The monoisotopic (exact) mass is 384 g/mol. The molecule has 0 atom stereocenters. The van der Waals surface area contributed by atoms with Crippen LogP contribution in [0.5, 0.6) is 5.75 Å². The third kappa shape index (κ3) is 4.16. The summed E-state index contributed by atoms with van der Waals surface area (Å²) in [6.07, 6.45) is 1.99. The van der Waals surface area contributed by atoms with E-state index in [4.69, 9.17) is 10.5 Å². The zero-order valence-electron chi connectivity index (χ0n) is 16.0. The molecule has 8 nitrogen and oxygen atoms in total. The van der Waals surface area contributed by atoms with Gasteiger partial charge in [-0.1, -0.05) is 6.92 Å². The van der Waals surface area contributed by atoms with Gasteiger partial charge in [-0.25, -0.2) is 0 Å². The van der Waals surface area contributed by atoms with Crippen molar-refractivity contribution in [2.75, 3.05) is 36.1 Å². The number of anilines is 3. The molecule has 1 amide bonds. The fourth-order valence-corrected chi connectivity index (χ4v) is 3.29. The number of nitro benzene ring substituents is 1. The van der Waals surface area contributed by atoms with E-state index in [1.54, 1.807) is 30.3 Å². The van der Waals surface area contributed by atoms with Gasteiger partial charge in [0.15, 0.2) is 0 Å². The number of hydrogen-bond acceptors (Lipinski definition) is 6. The van der Waals surface area contributed by atoms with Crippen LogP contribution in [0.25, 0.3) is 0 Å². The number of hydrogen-bond donors (Lipinski definition) is 2. The lowest BCUT2D eigenvalue weighted by molar-refractivity contribution is -0.384. The van der Waals surface area contributed by atoms with Gasteiger partial charge in [-0.3, -0.25) is 14.9 Å². The van der Waals surface area contributed by atoms with Gasteiger partial charge in [-0.05, 0) is 43.0 Å². The summed E-state index contributed by atoms with van der Waals surface area (Å²) >= 11 is 0. The number of amides is 1. The fraction of sp³-hybridized carbons (Fsp3) is 0.350. The van der Waals surface area contributed by atoms with Crippen LogP contribution >= 0.6 is 0 Å². The molecule has 3 rings (SSSR count). The molecule has 0 aliphatic carbocycles. The Hall–Kier alpha value is -3.29. The molecule has 0 aromatic heterocycles. The van der Waals surface area contributed by atoms with Gasteiger partial charge in [0, 0.05) is 30.8 Å². The van der Waals surface area contributed by atoms with Crippen LogP contribution in [0.3, 0.4) is 0 Å². The smallest absolute Gasteiger partial charge is 0.293 e. The predicted octanol–water partition coefficient (Wildman–Crippen LogP) is 3.67. The van der Waals surface area contributed by atoms with Crippen molar-refractivity contribution >= 4 is 28.7 Å². The van der Waals surface area contributed by atoms with Crippen molar-refractivity contribution in [1.82, 2.24) is 0 Å². The number of methoxy groups -OCH3 is 1. The summed E-state index contributed by atoms with van der Waals surface area (Å²) in [6.45, 7) is 3.73. The minimum Gasteiger partial charge on any atom is -0.497 e. The van der Waals surface area contributed by atoms with E-state index in [1.807, 2.05) is 4.90 Å². The van der Waals surface area contributed by atoms with Crippen LogP contribution in [0, 0.1) is 16.0 Å². The molecule has 28 heavy (non-hydrogen) atoms. The Morgan fingerprint density at radius 1 is 1.25 bits per heavy atom. The van der Waals surface area contributed by atoms with E-state index >= 15 is 0 Å². The van der Waals surface area contributed by atoms with Gasteiger partial charge < -0.3 is 20.7 Å². The van der Waals surface area contributed by atoms with Crippen molar-refractivity contribution in [3.05, 3.63) is 52.1 Å². The molecule has 0 spiro atoms. The van der Waals surface area contributed by atoms with Gasteiger partial charge in [0.25, 0.3) is 11.6 Å². The average molecular weight is 384 g/mol. The zero-order chi connectivity index (χ0) is 20.3. The van der Waals surface area contributed by atoms with E-state index in [1.165, 1.54) is 13.2 Å². The van der Waals surface area contributed by atoms with E-state index in [0.717, 1.165) is 25.9 Å². The van der Waals surface area contributed by atoms with Crippen LogP contribution in [-0.4, -0.2) is 31.0 Å². The molecule has 2 aromatic carbocycles. The minimum atomic E-state index is -0.470. The first-order valence-electron chi connectivity index (χ1n) is 9.17. The molecule has 1 saturated heterocycles. The minimum absolute atomic E-state index is 0.0687. The molecule has 2 aromatic rings. The lowest BCUT2D eigenvalue weighted by atomic mass is 9.98. The standard InChI is InChI=1S/C20H24N4O4/c1-13-7-9-23(10-8-13)18-6-3-14(11-19(18)24(26)27)20(25)22-17-12-15(28-2)4-5-16(17)21/h3-6,11-13H,7-10,21H2,1-2H3,(H,22,25). The Bertz CT molecular complexity index is 892. The second-order valence-corrected chi connectivity index (χ2v) is 7.04. The number of ether oxygens (including phenoxy) is 1. The highest BCUT2D eigenvalue weighted by Crippen LogP contribution is 2.33. The Kier molecular flexibility index (Phi) is 5.67. The van der Waals surface area contributed by atoms with Crippen LogP contribution in [0.4, 0.5) is 22.7 Å². The Balaban J connectivity index is 1.85. The Morgan fingerprint density at radius 3 is 2.61 bits per heavy atom. The summed E-state index contributed by atoms with van der Waals surface area (Å²) in [5.74, 6) is 0.695. The molecule has 1 aliphatic rings. The molecule has 1 heterocycles. The van der Waals surface area contributed by atoms with Crippen molar-refractivity contribution in [2.24, 2.45) is 5.92 Å². The zero-order valence-corrected chi connectivity index (χ0v) is 16.0. The van der Waals surface area contributed by atoms with Crippen LogP contribution in [0.15, 0.2) is 36.4 Å². The first-order chi connectivity index (χ1) is 13.4. The molecular formula is C20H24N4O4. The molecule has 148 valence electrons. The van der Waals surface area contributed by atoms with Crippen molar-refractivity contribution in [3.63, 3.8) is 0 Å². The first-order valence-corrected chi connectivity index (χ1v) is 9.17. The molecule has 0 unspecified atom stereocenters. The lowest BCUT2D eigenvalue weighted by Gasteiger charge is -2.31. The molecular weight excluding hydrogens is 360 g/mol. The first kappa shape index (κ1) is 19.5. The highest BCUT2D eigenvalue weighted by atomic mass is 16.6. The van der Waals surface area contributed by atoms with Crippen molar-refractivity contribution in [2.45, 2.75) is 19.8 Å². The summed E-state index contributed by atoms with van der Waals surface area (Å²) < 4.78 is 5.14. The number of rotatable bonds is 5. The van der Waals surface area contributed by atoms with Crippen LogP contribution in [-0.2, 0) is 0 Å². The third-order valence-electron chi connectivity index (χ3n) is 5.07. The molecule has 0 bridgehead atoms. The Morgan fingerprint density at radius 2 is 1.96 bits per heavy atom. The number of nitrogens with one attached hydrogen (secondary N) is 1. The second kappa shape index (κ2) is 8.16. The molecule has 1 fully saturated rings. The molecule has 0 saturated carbocycles. The molecule has 3 N–H and O–H groups in total. The largest absolute Gasteiger partial charge is 0.497 e. The van der Waals surface area contributed by atoms with E-state index < -0.39 is 10.8 Å². The van der Waals surface area contributed by atoms with E-state index in [0.29, 0.717) is 28.7 Å². The van der Waals surface area contributed by atoms with Gasteiger partial charge in [-0.2, -0.15) is 0 Å². The average Bonchev–Trinajstić information content (AvgIpc) is 2.69. The maximum absolute atomic E-state index is 12.6. The highest BCUT2D eigenvalue weighted by Gasteiger charge is 2.25. The molecule has 1 aliphatic heterocycles. The summed E-state index contributed by atoms with van der Waals surface area (Å²) in [4.78, 5) is 25.8. The normalized spacial score (nSPS) is 14.6.